The second-order valence-electron chi connectivity index (χ2n) is 6.11. The van der Waals surface area contributed by atoms with Gasteiger partial charge in [0, 0.05) is 13.1 Å². The molecule has 1 aromatic rings. The number of likely N-dealkylation sites (N-methyl/N-ethyl adjacent to an activating group) is 1. The van der Waals surface area contributed by atoms with Crippen molar-refractivity contribution >= 4 is 11.8 Å². The number of hydrogen-bond donors (Lipinski definition) is 0. The molecule has 0 spiro atoms. The van der Waals surface area contributed by atoms with Crippen LogP contribution >= 0.6 is 0 Å². The Morgan fingerprint density at radius 2 is 1.78 bits per heavy atom. The van der Waals surface area contributed by atoms with Crippen molar-refractivity contribution in [1.29, 1.82) is 0 Å². The van der Waals surface area contributed by atoms with E-state index in [0.717, 1.165) is 24.5 Å². The number of hydrogen-bond acceptors (Lipinski definition) is 7. The standard InChI is InChI=1S/C18H25N3O6/c1-3-19(4-2)10-12-26-14-7-8-15-16(13-14)18(23)20(17(15)22)9-5-6-11-27-21(24)25/h7-8,13H,3-6,9-12H2,1-2H3. The molecule has 0 bridgehead atoms. The van der Waals surface area contributed by atoms with Gasteiger partial charge in [-0.3, -0.25) is 14.5 Å². The number of rotatable bonds is 12. The summed E-state index contributed by atoms with van der Waals surface area (Å²) in [5.74, 6) is -0.150. The third-order valence-corrected chi connectivity index (χ3v) is 4.49. The molecule has 1 heterocycles. The van der Waals surface area contributed by atoms with Crippen molar-refractivity contribution in [2.24, 2.45) is 0 Å². The highest BCUT2D eigenvalue weighted by Crippen LogP contribution is 2.27. The summed E-state index contributed by atoms with van der Waals surface area (Å²) in [5.41, 5.74) is 0.694. The molecule has 0 atom stereocenters. The molecule has 0 unspecified atom stereocenters. The zero-order valence-electron chi connectivity index (χ0n) is 15.7. The number of unbranched alkanes of at least 4 members (excludes halogenated alkanes) is 1. The van der Waals surface area contributed by atoms with E-state index in [-0.39, 0.29) is 25.0 Å². The Kier molecular flexibility index (Phi) is 7.54. The van der Waals surface area contributed by atoms with Gasteiger partial charge in [-0.2, -0.15) is 0 Å². The van der Waals surface area contributed by atoms with Crippen LogP contribution in [0.15, 0.2) is 18.2 Å². The summed E-state index contributed by atoms with van der Waals surface area (Å²) in [6.45, 7) is 7.49. The Morgan fingerprint density at radius 3 is 2.44 bits per heavy atom. The largest absolute Gasteiger partial charge is 0.492 e. The molecule has 0 N–H and O–H groups in total. The topological polar surface area (TPSA) is 102 Å². The smallest absolute Gasteiger partial charge is 0.294 e. The van der Waals surface area contributed by atoms with Crippen molar-refractivity contribution in [3.05, 3.63) is 39.4 Å². The molecule has 0 aliphatic carbocycles. The van der Waals surface area contributed by atoms with Gasteiger partial charge in [-0.25, -0.2) is 0 Å². The van der Waals surface area contributed by atoms with E-state index >= 15 is 0 Å². The molecule has 1 aromatic carbocycles. The molecule has 0 saturated heterocycles. The average Bonchev–Trinajstić information content (AvgIpc) is 2.89. The van der Waals surface area contributed by atoms with Gasteiger partial charge >= 0.3 is 0 Å². The van der Waals surface area contributed by atoms with Crippen LogP contribution in [-0.4, -0.2) is 66.1 Å². The van der Waals surface area contributed by atoms with E-state index in [4.69, 9.17) is 4.74 Å². The zero-order valence-corrected chi connectivity index (χ0v) is 15.7. The van der Waals surface area contributed by atoms with E-state index < -0.39 is 5.09 Å². The molecule has 9 heteroatoms. The van der Waals surface area contributed by atoms with Gasteiger partial charge in [0.2, 0.25) is 0 Å². The van der Waals surface area contributed by atoms with E-state index in [1.807, 2.05) is 0 Å². The Labute approximate surface area is 157 Å². The predicted octanol–water partition coefficient (Wildman–Crippen LogP) is 1.99. The summed E-state index contributed by atoms with van der Waals surface area (Å²) in [4.78, 5) is 42.6. The van der Waals surface area contributed by atoms with Crippen LogP contribution in [0, 0.1) is 10.1 Å². The van der Waals surface area contributed by atoms with E-state index in [0.29, 0.717) is 36.3 Å². The minimum absolute atomic E-state index is 0.0549. The lowest BCUT2D eigenvalue weighted by molar-refractivity contribution is -0.757. The molecule has 9 nitrogen and oxygen atoms in total. The highest BCUT2D eigenvalue weighted by Gasteiger charge is 2.35. The average molecular weight is 379 g/mol. The Bertz CT molecular complexity index is 690. The van der Waals surface area contributed by atoms with Crippen LogP contribution in [-0.2, 0) is 4.84 Å². The summed E-state index contributed by atoms with van der Waals surface area (Å²) in [6.07, 6.45) is 0.820. The summed E-state index contributed by atoms with van der Waals surface area (Å²) in [6, 6.07) is 4.91. The maximum absolute atomic E-state index is 12.5. The fourth-order valence-corrected chi connectivity index (χ4v) is 2.91. The number of benzene rings is 1. The molecule has 148 valence electrons. The number of carbonyl (C=O) groups excluding carboxylic acids is 2. The summed E-state index contributed by atoms with van der Waals surface area (Å²) in [5, 5.41) is 9.24. The van der Waals surface area contributed by atoms with Crippen molar-refractivity contribution in [1.82, 2.24) is 9.80 Å². The van der Waals surface area contributed by atoms with Crippen LogP contribution in [0.3, 0.4) is 0 Å². The lowest BCUT2D eigenvalue weighted by atomic mass is 10.1. The predicted molar refractivity (Wildman–Crippen MR) is 97.3 cm³/mol. The molecule has 0 saturated carbocycles. The first kappa shape index (κ1) is 20.6. The number of nitrogens with zero attached hydrogens (tertiary/aromatic N) is 3. The number of fused-ring (bicyclic) bond motifs is 1. The normalized spacial score (nSPS) is 13.2. The van der Waals surface area contributed by atoms with Crippen LogP contribution in [0.1, 0.15) is 47.4 Å². The third kappa shape index (κ3) is 5.40. The third-order valence-electron chi connectivity index (χ3n) is 4.49. The van der Waals surface area contributed by atoms with E-state index in [9.17, 15) is 19.7 Å². The Hall–Kier alpha value is -2.68. The van der Waals surface area contributed by atoms with Crippen LogP contribution in [0.4, 0.5) is 0 Å². The lowest BCUT2D eigenvalue weighted by Gasteiger charge is -2.18. The first-order valence-electron chi connectivity index (χ1n) is 9.10. The number of carbonyl (C=O) groups is 2. The van der Waals surface area contributed by atoms with Gasteiger partial charge in [-0.05, 0) is 44.1 Å². The molecular formula is C18H25N3O6. The van der Waals surface area contributed by atoms with Crippen LogP contribution in [0.25, 0.3) is 0 Å². The SMILES string of the molecule is CCN(CC)CCOc1ccc2c(c1)C(=O)N(CCCCO[N+](=O)[O-])C2=O. The highest BCUT2D eigenvalue weighted by molar-refractivity contribution is 6.21. The van der Waals surface area contributed by atoms with Gasteiger partial charge in [0.05, 0.1) is 17.7 Å². The number of ether oxygens (including phenoxy) is 1. The van der Waals surface area contributed by atoms with Gasteiger partial charge in [0.1, 0.15) is 12.4 Å². The minimum atomic E-state index is -0.857. The van der Waals surface area contributed by atoms with Crippen molar-refractivity contribution in [2.45, 2.75) is 26.7 Å². The molecule has 27 heavy (non-hydrogen) atoms. The van der Waals surface area contributed by atoms with E-state index in [1.165, 1.54) is 0 Å². The zero-order chi connectivity index (χ0) is 19.8. The van der Waals surface area contributed by atoms with Crippen LogP contribution < -0.4 is 4.74 Å². The minimum Gasteiger partial charge on any atom is -0.492 e. The van der Waals surface area contributed by atoms with Crippen LogP contribution in [0.2, 0.25) is 0 Å². The summed E-state index contributed by atoms with van der Waals surface area (Å²) >= 11 is 0. The fraction of sp³-hybridized carbons (Fsp3) is 0.556. The van der Waals surface area contributed by atoms with E-state index in [2.05, 4.69) is 23.6 Å². The van der Waals surface area contributed by atoms with Gasteiger partial charge in [0.15, 0.2) is 0 Å². The number of imide groups is 1. The maximum atomic E-state index is 12.5. The summed E-state index contributed by atoms with van der Waals surface area (Å²) < 4.78 is 5.72. The maximum Gasteiger partial charge on any atom is 0.294 e. The molecule has 0 aromatic heterocycles. The second kappa shape index (κ2) is 9.86. The first-order valence-corrected chi connectivity index (χ1v) is 9.10. The fourth-order valence-electron chi connectivity index (χ4n) is 2.91. The molecular weight excluding hydrogens is 354 g/mol. The molecule has 2 rings (SSSR count). The van der Waals surface area contributed by atoms with Crippen molar-refractivity contribution < 1.29 is 24.3 Å². The lowest BCUT2D eigenvalue weighted by Crippen LogP contribution is -2.30. The molecule has 2 amide bonds. The number of amides is 2. The highest BCUT2D eigenvalue weighted by atomic mass is 16.9. The molecule has 0 fully saturated rings. The first-order chi connectivity index (χ1) is 13.0. The van der Waals surface area contributed by atoms with Gasteiger partial charge in [-0.15, -0.1) is 10.1 Å². The van der Waals surface area contributed by atoms with E-state index in [1.54, 1.807) is 18.2 Å². The van der Waals surface area contributed by atoms with Crippen molar-refractivity contribution in [3.8, 4) is 5.75 Å². The van der Waals surface area contributed by atoms with Crippen molar-refractivity contribution in [3.63, 3.8) is 0 Å². The second-order valence-corrected chi connectivity index (χ2v) is 6.11. The van der Waals surface area contributed by atoms with Crippen molar-refractivity contribution in [2.75, 3.05) is 39.4 Å². The van der Waals surface area contributed by atoms with Gasteiger partial charge < -0.3 is 14.5 Å². The van der Waals surface area contributed by atoms with Gasteiger partial charge in [0.25, 0.3) is 16.9 Å². The monoisotopic (exact) mass is 379 g/mol. The quantitative estimate of drug-likeness (QED) is 0.237. The molecule has 0 radical (unpaired) electrons. The molecule has 1 aliphatic rings. The Morgan fingerprint density at radius 1 is 1.07 bits per heavy atom. The Balaban J connectivity index is 1.90. The van der Waals surface area contributed by atoms with Gasteiger partial charge in [-0.1, -0.05) is 13.8 Å². The van der Waals surface area contributed by atoms with Crippen LogP contribution in [0.5, 0.6) is 5.75 Å². The summed E-state index contributed by atoms with van der Waals surface area (Å²) in [7, 11) is 0. The molecule has 1 aliphatic heterocycles.